The van der Waals surface area contributed by atoms with Crippen LogP contribution < -0.4 is 0 Å². The van der Waals surface area contributed by atoms with Crippen LogP contribution in [0.1, 0.15) is 5.56 Å². The second-order valence-corrected chi connectivity index (χ2v) is 7.27. The molecule has 4 nitrogen and oxygen atoms in total. The first-order chi connectivity index (χ1) is 10.3. The van der Waals surface area contributed by atoms with Crippen molar-refractivity contribution in [3.8, 4) is 0 Å². The molecule has 118 valence electrons. The fourth-order valence-electron chi connectivity index (χ4n) is 1.51. The van der Waals surface area contributed by atoms with Crippen LogP contribution in [0.15, 0.2) is 58.6 Å². The topological polar surface area (TPSA) is 56.3 Å². The maximum atomic E-state index is 13.8. The molecule has 8 heteroatoms. The fourth-order valence-corrected chi connectivity index (χ4v) is 3.18. The molecule has 0 aliphatic carbocycles. The lowest BCUT2D eigenvalue weighted by Crippen LogP contribution is -2.22. The monoisotopic (exact) mass is 345 g/mol. The zero-order valence-electron chi connectivity index (χ0n) is 11.6. The third-order valence-electron chi connectivity index (χ3n) is 2.58. The van der Waals surface area contributed by atoms with Crippen LogP contribution in [0.5, 0.6) is 0 Å². The summed E-state index contributed by atoms with van der Waals surface area (Å²) in [4.78, 5) is 3.60. The number of aromatic nitrogens is 1. The molecule has 22 heavy (non-hydrogen) atoms. The predicted octanol–water partition coefficient (Wildman–Crippen LogP) is 3.48. The van der Waals surface area contributed by atoms with Gasteiger partial charge in [0.1, 0.15) is 11.6 Å². The van der Waals surface area contributed by atoms with E-state index in [9.17, 15) is 17.2 Å². The summed E-state index contributed by atoms with van der Waals surface area (Å²) in [7, 11) is -4.22. The lowest BCUT2D eigenvalue weighted by atomic mass is 10.2. The molecule has 2 rings (SSSR count). The average Bonchev–Trinajstić information content (AvgIpc) is 2.47. The van der Waals surface area contributed by atoms with E-state index in [0.29, 0.717) is 0 Å². The number of rotatable bonds is 6. The van der Waals surface area contributed by atoms with Gasteiger partial charge < -0.3 is 0 Å². The van der Waals surface area contributed by atoms with Gasteiger partial charge in [-0.15, -0.1) is 0 Å². The number of pyridine rings is 1. The van der Waals surface area contributed by atoms with Crippen LogP contribution >= 0.6 is 11.8 Å². The lowest BCUT2D eigenvalue weighted by Gasteiger charge is -2.15. The SMILES string of the molecule is Cc1ccc(S(=O)(=O)OCC(F)(F)Sc2ccccn2)cc1. The van der Waals surface area contributed by atoms with Gasteiger partial charge in [-0.3, -0.25) is 4.18 Å². The summed E-state index contributed by atoms with van der Waals surface area (Å²) in [6.45, 7) is 0.527. The first kappa shape index (κ1) is 16.9. The minimum atomic E-state index is -4.22. The van der Waals surface area contributed by atoms with E-state index >= 15 is 0 Å². The van der Waals surface area contributed by atoms with E-state index in [1.807, 2.05) is 0 Å². The van der Waals surface area contributed by atoms with Crippen molar-refractivity contribution in [3.63, 3.8) is 0 Å². The molecule has 0 amide bonds. The Bertz CT molecular complexity index is 720. The average molecular weight is 345 g/mol. The van der Waals surface area contributed by atoms with Gasteiger partial charge in [0.15, 0.2) is 0 Å². The van der Waals surface area contributed by atoms with Crippen molar-refractivity contribution < 1.29 is 21.4 Å². The van der Waals surface area contributed by atoms with Gasteiger partial charge >= 0.3 is 5.25 Å². The second-order valence-electron chi connectivity index (χ2n) is 4.44. The number of thioether (sulfide) groups is 1. The van der Waals surface area contributed by atoms with Crippen LogP contribution in [0.3, 0.4) is 0 Å². The van der Waals surface area contributed by atoms with Crippen molar-refractivity contribution in [2.24, 2.45) is 0 Å². The lowest BCUT2D eigenvalue weighted by molar-refractivity contribution is 0.0497. The summed E-state index contributed by atoms with van der Waals surface area (Å²) in [6.07, 6.45) is 1.38. The second kappa shape index (κ2) is 6.72. The highest BCUT2D eigenvalue weighted by atomic mass is 32.2. The van der Waals surface area contributed by atoms with Gasteiger partial charge in [0.2, 0.25) is 0 Å². The largest absolute Gasteiger partial charge is 0.323 e. The highest BCUT2D eigenvalue weighted by Gasteiger charge is 2.34. The number of aryl methyl sites for hydroxylation is 1. The van der Waals surface area contributed by atoms with Gasteiger partial charge in [-0.1, -0.05) is 23.8 Å². The van der Waals surface area contributed by atoms with Gasteiger partial charge in [-0.05, 0) is 43.0 Å². The number of benzene rings is 1. The van der Waals surface area contributed by atoms with E-state index in [1.54, 1.807) is 31.2 Å². The molecule has 0 aliphatic heterocycles. The molecule has 2 aromatic rings. The highest BCUT2D eigenvalue weighted by Crippen LogP contribution is 2.35. The van der Waals surface area contributed by atoms with E-state index in [2.05, 4.69) is 9.17 Å². The zero-order chi connectivity index (χ0) is 16.2. The quantitative estimate of drug-likeness (QED) is 0.593. The fraction of sp³-hybridized carbons (Fsp3) is 0.214. The maximum absolute atomic E-state index is 13.8. The summed E-state index contributed by atoms with van der Waals surface area (Å²) < 4.78 is 55.7. The Morgan fingerprint density at radius 2 is 1.86 bits per heavy atom. The molecule has 0 saturated heterocycles. The third-order valence-corrected chi connectivity index (χ3v) is 4.73. The van der Waals surface area contributed by atoms with Crippen molar-refractivity contribution in [3.05, 3.63) is 54.2 Å². The van der Waals surface area contributed by atoms with E-state index < -0.39 is 22.0 Å². The van der Waals surface area contributed by atoms with Crippen molar-refractivity contribution in [2.45, 2.75) is 22.1 Å². The van der Waals surface area contributed by atoms with Gasteiger partial charge in [0, 0.05) is 6.20 Å². The molecule has 0 N–H and O–H groups in total. The normalized spacial score (nSPS) is 12.3. The molecule has 0 saturated carbocycles. The first-order valence-corrected chi connectivity index (χ1v) is 8.45. The number of halogens is 2. The van der Waals surface area contributed by atoms with Crippen molar-refractivity contribution in [1.29, 1.82) is 0 Å². The Morgan fingerprint density at radius 1 is 1.18 bits per heavy atom. The van der Waals surface area contributed by atoms with Gasteiger partial charge in [-0.2, -0.15) is 17.2 Å². The van der Waals surface area contributed by atoms with Crippen molar-refractivity contribution >= 4 is 21.9 Å². The Hall–Kier alpha value is -1.51. The van der Waals surface area contributed by atoms with Crippen LogP contribution in [-0.4, -0.2) is 25.3 Å². The van der Waals surface area contributed by atoms with E-state index in [0.717, 1.165) is 5.56 Å². The van der Waals surface area contributed by atoms with Crippen molar-refractivity contribution in [1.82, 2.24) is 4.98 Å². The molecule has 1 heterocycles. The molecule has 0 bridgehead atoms. The van der Waals surface area contributed by atoms with Crippen LogP contribution in [0.2, 0.25) is 0 Å². The summed E-state index contributed by atoms with van der Waals surface area (Å²) >= 11 is 0.150. The maximum Gasteiger partial charge on any atom is 0.323 e. The number of nitrogens with zero attached hydrogens (tertiary/aromatic N) is 1. The standard InChI is InChI=1S/C14H13F2NO3S2/c1-11-5-7-12(8-6-11)22(18,19)20-10-14(15,16)21-13-4-2-3-9-17-13/h2-9H,10H2,1H3. The Balaban J connectivity index is 2.03. The van der Waals surface area contributed by atoms with Gasteiger partial charge in [0.25, 0.3) is 10.1 Å². The van der Waals surface area contributed by atoms with Crippen LogP contribution in [0.4, 0.5) is 8.78 Å². The summed E-state index contributed by atoms with van der Waals surface area (Å²) in [5, 5.41) is -3.32. The zero-order valence-corrected chi connectivity index (χ0v) is 13.2. The molecule has 0 atom stereocenters. The third kappa shape index (κ3) is 4.75. The van der Waals surface area contributed by atoms with Crippen molar-refractivity contribution in [2.75, 3.05) is 6.61 Å². The van der Waals surface area contributed by atoms with Crippen LogP contribution in [0, 0.1) is 6.92 Å². The molecule has 0 spiro atoms. The number of alkyl halides is 2. The Morgan fingerprint density at radius 3 is 2.45 bits per heavy atom. The van der Waals surface area contributed by atoms with Gasteiger partial charge in [-0.25, -0.2) is 4.98 Å². The number of hydrogen-bond acceptors (Lipinski definition) is 5. The molecule has 1 aromatic heterocycles. The molecule has 0 unspecified atom stereocenters. The molecular formula is C14H13F2NO3S2. The van der Waals surface area contributed by atoms with E-state index in [1.165, 1.54) is 24.4 Å². The van der Waals surface area contributed by atoms with E-state index in [4.69, 9.17) is 0 Å². The van der Waals surface area contributed by atoms with Gasteiger partial charge in [0.05, 0.1) is 4.90 Å². The molecular weight excluding hydrogens is 332 g/mol. The predicted molar refractivity (Wildman–Crippen MR) is 79.4 cm³/mol. The minimum Gasteiger partial charge on any atom is -0.259 e. The molecule has 0 radical (unpaired) electrons. The Labute approximate surface area is 131 Å². The highest BCUT2D eigenvalue weighted by molar-refractivity contribution is 8.00. The molecule has 0 aliphatic rings. The minimum absolute atomic E-state index is 0.0869. The first-order valence-electron chi connectivity index (χ1n) is 6.22. The summed E-state index contributed by atoms with van der Waals surface area (Å²) in [6, 6.07) is 10.3. The van der Waals surface area contributed by atoms with Crippen LogP contribution in [-0.2, 0) is 14.3 Å². The smallest absolute Gasteiger partial charge is 0.259 e. The molecule has 0 fully saturated rings. The number of hydrogen-bond donors (Lipinski definition) is 0. The molecule has 1 aromatic carbocycles. The Kier molecular flexibility index (Phi) is 5.15. The van der Waals surface area contributed by atoms with Crippen LogP contribution in [0.25, 0.3) is 0 Å². The summed E-state index contributed by atoms with van der Waals surface area (Å²) in [5.41, 5.74) is 0.856. The summed E-state index contributed by atoms with van der Waals surface area (Å²) in [5.74, 6) is 0. The van der Waals surface area contributed by atoms with E-state index in [-0.39, 0.29) is 21.7 Å².